The van der Waals surface area contributed by atoms with E-state index in [9.17, 15) is 22.0 Å². The summed E-state index contributed by atoms with van der Waals surface area (Å²) in [7, 11) is -4.35. The Morgan fingerprint density at radius 2 is 2.10 bits per heavy atom. The number of hydrogen-bond acceptors (Lipinski definition) is 4. The van der Waals surface area contributed by atoms with Gasteiger partial charge in [-0.3, -0.25) is 0 Å². The van der Waals surface area contributed by atoms with Crippen molar-refractivity contribution in [3.8, 4) is 12.3 Å². The van der Waals surface area contributed by atoms with Gasteiger partial charge >= 0.3 is 5.97 Å². The number of hydrogen-bond donors (Lipinski definition) is 2. The van der Waals surface area contributed by atoms with Crippen molar-refractivity contribution in [3.63, 3.8) is 0 Å². The molecule has 0 atom stereocenters. The molecule has 1 aromatic rings. The third-order valence-corrected chi connectivity index (χ3v) is 4.58. The summed E-state index contributed by atoms with van der Waals surface area (Å²) < 4.78 is 52.6. The number of aromatic carboxylic acids is 1. The van der Waals surface area contributed by atoms with Crippen LogP contribution < -0.4 is 4.72 Å². The van der Waals surface area contributed by atoms with E-state index in [1.165, 1.54) is 11.8 Å². The van der Waals surface area contributed by atoms with Crippen LogP contribution in [0, 0.1) is 24.0 Å². The number of carbonyl (C=O) groups is 1. The highest BCUT2D eigenvalue weighted by atomic mass is 32.2. The SMILES string of the molecule is C#CCSCCNS(=O)(=O)c1cc(C(=O)O)cc(F)c1F. The Bertz CT molecular complexity index is 683. The minimum absolute atomic E-state index is 0.0486. The van der Waals surface area contributed by atoms with Gasteiger partial charge in [-0.1, -0.05) is 5.92 Å². The molecule has 0 bridgehead atoms. The number of thioether (sulfide) groups is 1. The van der Waals surface area contributed by atoms with Crippen LogP contribution in [0.5, 0.6) is 0 Å². The molecule has 0 saturated carbocycles. The number of halogens is 2. The number of carboxylic acids is 1. The van der Waals surface area contributed by atoms with E-state index < -0.39 is 38.1 Å². The average molecular weight is 335 g/mol. The smallest absolute Gasteiger partial charge is 0.335 e. The van der Waals surface area contributed by atoms with Crippen LogP contribution in [0.1, 0.15) is 10.4 Å². The van der Waals surface area contributed by atoms with Crippen molar-refractivity contribution in [1.82, 2.24) is 4.72 Å². The molecule has 0 radical (unpaired) electrons. The minimum Gasteiger partial charge on any atom is -0.478 e. The monoisotopic (exact) mass is 335 g/mol. The topological polar surface area (TPSA) is 83.5 Å². The fraction of sp³-hybridized carbons (Fsp3) is 0.250. The lowest BCUT2D eigenvalue weighted by molar-refractivity contribution is 0.0696. The van der Waals surface area contributed by atoms with Crippen molar-refractivity contribution in [1.29, 1.82) is 0 Å². The van der Waals surface area contributed by atoms with Crippen LogP contribution in [0.25, 0.3) is 0 Å². The molecule has 1 aromatic carbocycles. The summed E-state index contributed by atoms with van der Waals surface area (Å²) in [5, 5.41) is 8.74. The lowest BCUT2D eigenvalue weighted by Crippen LogP contribution is -2.27. The van der Waals surface area contributed by atoms with Gasteiger partial charge in [0.05, 0.1) is 11.3 Å². The van der Waals surface area contributed by atoms with E-state index in [1.807, 2.05) is 0 Å². The van der Waals surface area contributed by atoms with Gasteiger partial charge < -0.3 is 5.11 Å². The molecule has 0 aliphatic heterocycles. The van der Waals surface area contributed by atoms with E-state index >= 15 is 0 Å². The van der Waals surface area contributed by atoms with Crippen molar-refractivity contribution < 1.29 is 27.1 Å². The van der Waals surface area contributed by atoms with Crippen LogP contribution >= 0.6 is 11.8 Å². The quantitative estimate of drug-likeness (QED) is 0.580. The average Bonchev–Trinajstić information content (AvgIpc) is 2.40. The zero-order chi connectivity index (χ0) is 16.0. The maximum Gasteiger partial charge on any atom is 0.335 e. The standard InChI is InChI=1S/C12H11F2NO4S2/c1-2-4-20-5-3-15-21(18,19)10-7-8(12(16)17)6-9(13)11(10)14/h1,6-7,15H,3-5H2,(H,16,17). The highest BCUT2D eigenvalue weighted by molar-refractivity contribution is 7.99. The first-order chi connectivity index (χ1) is 9.79. The molecular weight excluding hydrogens is 324 g/mol. The lowest BCUT2D eigenvalue weighted by Gasteiger charge is -2.08. The molecule has 2 N–H and O–H groups in total. The summed E-state index contributed by atoms with van der Waals surface area (Å²) in [4.78, 5) is 9.71. The van der Waals surface area contributed by atoms with Gasteiger partial charge in [-0.2, -0.15) is 0 Å². The van der Waals surface area contributed by atoms with Crippen molar-refractivity contribution in [2.45, 2.75) is 4.90 Å². The van der Waals surface area contributed by atoms with Crippen LogP contribution in [-0.2, 0) is 10.0 Å². The Labute approximate surface area is 124 Å². The molecule has 0 heterocycles. The molecular formula is C12H11F2NO4S2. The number of nitrogens with one attached hydrogen (secondary N) is 1. The van der Waals surface area contributed by atoms with Crippen molar-refractivity contribution in [3.05, 3.63) is 29.3 Å². The Morgan fingerprint density at radius 1 is 1.43 bits per heavy atom. The van der Waals surface area contributed by atoms with Crippen molar-refractivity contribution in [2.75, 3.05) is 18.1 Å². The molecule has 114 valence electrons. The van der Waals surface area contributed by atoms with Gasteiger partial charge in [-0.25, -0.2) is 26.7 Å². The van der Waals surface area contributed by atoms with Crippen LogP contribution in [0.15, 0.2) is 17.0 Å². The van der Waals surface area contributed by atoms with Crippen LogP contribution in [0.4, 0.5) is 8.78 Å². The molecule has 0 unspecified atom stereocenters. The van der Waals surface area contributed by atoms with E-state index in [0.29, 0.717) is 23.6 Å². The maximum atomic E-state index is 13.6. The van der Waals surface area contributed by atoms with Crippen LogP contribution in [0.2, 0.25) is 0 Å². The highest BCUT2D eigenvalue weighted by Crippen LogP contribution is 2.20. The maximum absolute atomic E-state index is 13.6. The van der Waals surface area contributed by atoms with E-state index in [2.05, 4.69) is 10.6 Å². The molecule has 1 rings (SSSR count). The summed E-state index contributed by atoms with van der Waals surface area (Å²) in [5.74, 6) is -1.65. The normalized spacial score (nSPS) is 11.1. The first-order valence-corrected chi connectivity index (χ1v) is 8.16. The third kappa shape index (κ3) is 4.70. The first-order valence-electron chi connectivity index (χ1n) is 5.53. The van der Waals surface area contributed by atoms with E-state index in [0.717, 1.165) is 0 Å². The summed E-state index contributed by atoms with van der Waals surface area (Å²) in [6.45, 7) is -0.0486. The molecule has 0 saturated heterocycles. The predicted octanol–water partition coefficient (Wildman–Crippen LogP) is 1.31. The van der Waals surface area contributed by atoms with Gasteiger partial charge in [-0.05, 0) is 12.1 Å². The van der Waals surface area contributed by atoms with Gasteiger partial charge in [0.15, 0.2) is 11.6 Å². The number of terminal acetylenes is 1. The van der Waals surface area contributed by atoms with Gasteiger partial charge in [-0.15, -0.1) is 18.2 Å². The van der Waals surface area contributed by atoms with Gasteiger partial charge in [0.2, 0.25) is 10.0 Å². The van der Waals surface area contributed by atoms with E-state index in [4.69, 9.17) is 11.5 Å². The third-order valence-electron chi connectivity index (χ3n) is 2.26. The van der Waals surface area contributed by atoms with Gasteiger partial charge in [0, 0.05) is 12.3 Å². The molecule has 21 heavy (non-hydrogen) atoms. The number of benzene rings is 1. The summed E-state index contributed by atoms with van der Waals surface area (Å²) in [6.07, 6.45) is 5.01. The molecule has 0 aliphatic rings. The van der Waals surface area contributed by atoms with Gasteiger partial charge in [0.25, 0.3) is 0 Å². The number of carboxylic acid groups (broad SMARTS) is 1. The molecule has 0 aromatic heterocycles. The van der Waals surface area contributed by atoms with Crippen LogP contribution in [-0.4, -0.2) is 37.5 Å². The largest absolute Gasteiger partial charge is 0.478 e. The Hall–Kier alpha value is -1.63. The zero-order valence-corrected chi connectivity index (χ0v) is 12.2. The van der Waals surface area contributed by atoms with Gasteiger partial charge in [0.1, 0.15) is 4.90 Å². The van der Waals surface area contributed by atoms with Crippen LogP contribution in [0.3, 0.4) is 0 Å². The summed E-state index contributed by atoms with van der Waals surface area (Å²) in [5.41, 5.74) is -0.656. The fourth-order valence-corrected chi connectivity index (χ4v) is 3.12. The molecule has 0 aliphatic carbocycles. The molecule has 9 heteroatoms. The van der Waals surface area contributed by atoms with E-state index in [1.54, 1.807) is 0 Å². The van der Waals surface area contributed by atoms with E-state index in [-0.39, 0.29) is 6.54 Å². The molecule has 0 fully saturated rings. The summed E-state index contributed by atoms with van der Waals surface area (Å²) in [6, 6.07) is 0.983. The second-order valence-corrected chi connectivity index (χ2v) is 6.57. The lowest BCUT2D eigenvalue weighted by atomic mass is 10.2. The number of rotatable bonds is 7. The van der Waals surface area contributed by atoms with Crippen molar-refractivity contribution >= 4 is 27.8 Å². The molecule has 0 amide bonds. The minimum atomic E-state index is -4.35. The number of sulfonamides is 1. The Kier molecular flexibility index (Phi) is 6.14. The second kappa shape index (κ2) is 7.40. The highest BCUT2D eigenvalue weighted by Gasteiger charge is 2.24. The Morgan fingerprint density at radius 3 is 2.67 bits per heavy atom. The molecule has 5 nitrogen and oxygen atoms in total. The summed E-state index contributed by atoms with van der Waals surface area (Å²) >= 11 is 1.28. The predicted molar refractivity (Wildman–Crippen MR) is 74.7 cm³/mol. The molecule has 0 spiro atoms. The zero-order valence-electron chi connectivity index (χ0n) is 10.6. The fourth-order valence-electron chi connectivity index (χ4n) is 1.34. The second-order valence-electron chi connectivity index (χ2n) is 3.73. The van der Waals surface area contributed by atoms with Crippen molar-refractivity contribution in [2.24, 2.45) is 0 Å². The Balaban J connectivity index is 2.97. The first kappa shape index (κ1) is 17.4.